The molecule has 0 radical (unpaired) electrons. The van der Waals surface area contributed by atoms with Gasteiger partial charge in [0.25, 0.3) is 5.69 Å². The first-order valence-corrected chi connectivity index (χ1v) is 10.8. The summed E-state index contributed by atoms with van der Waals surface area (Å²) in [6.45, 7) is 1.84. The van der Waals surface area contributed by atoms with Crippen molar-refractivity contribution in [2.45, 2.75) is 6.92 Å². The Morgan fingerprint density at radius 3 is 2.52 bits per heavy atom. The zero-order valence-electron chi connectivity index (χ0n) is 17.5. The molecule has 4 aromatic rings. The first-order chi connectivity index (χ1) is 16.0. The molecule has 0 saturated heterocycles. The minimum Gasteiger partial charge on any atom is -0.423 e. The van der Waals surface area contributed by atoms with Crippen molar-refractivity contribution in [2.75, 3.05) is 5.43 Å². The second-order valence-electron chi connectivity index (χ2n) is 6.93. The molecule has 8 nitrogen and oxygen atoms in total. The third-order valence-corrected chi connectivity index (χ3v) is 5.42. The lowest BCUT2D eigenvalue weighted by molar-refractivity contribution is -0.384. The van der Waals surface area contributed by atoms with Gasteiger partial charge in [-0.2, -0.15) is 5.10 Å². The summed E-state index contributed by atoms with van der Waals surface area (Å²) in [5, 5.41) is 17.7. The van der Waals surface area contributed by atoms with E-state index in [1.54, 1.807) is 48.5 Å². The van der Waals surface area contributed by atoms with Crippen LogP contribution in [0.2, 0.25) is 0 Å². The van der Waals surface area contributed by atoms with Crippen molar-refractivity contribution in [3.63, 3.8) is 0 Å². The molecule has 33 heavy (non-hydrogen) atoms. The number of ether oxygens (including phenoxy) is 1. The molecule has 1 aromatic heterocycles. The number of nitro benzene ring substituents is 1. The molecule has 164 valence electrons. The highest BCUT2D eigenvalue weighted by molar-refractivity contribution is 7.14. The molecular formula is C24H18N4O4S. The van der Waals surface area contributed by atoms with Gasteiger partial charge in [-0.25, -0.2) is 9.78 Å². The van der Waals surface area contributed by atoms with Crippen LogP contribution in [0.4, 0.5) is 10.8 Å². The van der Waals surface area contributed by atoms with Gasteiger partial charge in [0.1, 0.15) is 5.75 Å². The van der Waals surface area contributed by atoms with E-state index >= 15 is 0 Å². The number of anilines is 1. The molecule has 3 aromatic carbocycles. The Morgan fingerprint density at radius 1 is 1.03 bits per heavy atom. The molecule has 0 bridgehead atoms. The number of carbonyl (C=O) groups is 1. The highest BCUT2D eigenvalue weighted by Crippen LogP contribution is 2.27. The first kappa shape index (κ1) is 21.8. The number of hydrazone groups is 1. The molecule has 0 unspecified atom stereocenters. The molecule has 0 aliphatic heterocycles. The van der Waals surface area contributed by atoms with Gasteiger partial charge in [-0.15, -0.1) is 11.3 Å². The zero-order chi connectivity index (χ0) is 23.2. The number of aromatic nitrogens is 1. The van der Waals surface area contributed by atoms with E-state index in [9.17, 15) is 14.9 Å². The zero-order valence-corrected chi connectivity index (χ0v) is 18.3. The number of nitrogens with one attached hydrogen (secondary N) is 1. The fourth-order valence-corrected chi connectivity index (χ4v) is 3.60. The quantitative estimate of drug-likeness (QED) is 0.124. The standard InChI is InChI=1S/C24H18N4O4S/c1-16(17-10-12-21(13-11-17)32-23(29)18-6-3-2-4-7-18)26-27-24-25-22(15-33-24)19-8-5-9-20(14-19)28(30)31/h2-15H,1H3,(H,25,27)/b26-16-. The van der Waals surface area contributed by atoms with E-state index in [4.69, 9.17) is 4.74 Å². The van der Waals surface area contributed by atoms with Crippen molar-refractivity contribution in [1.82, 2.24) is 4.98 Å². The molecular weight excluding hydrogens is 440 g/mol. The number of rotatable bonds is 7. The van der Waals surface area contributed by atoms with E-state index in [0.717, 1.165) is 5.56 Å². The second-order valence-corrected chi connectivity index (χ2v) is 7.79. The van der Waals surface area contributed by atoms with E-state index in [1.165, 1.54) is 23.5 Å². The predicted molar refractivity (Wildman–Crippen MR) is 128 cm³/mol. The molecule has 1 N–H and O–H groups in total. The molecule has 0 atom stereocenters. The van der Waals surface area contributed by atoms with E-state index < -0.39 is 10.9 Å². The number of nitro groups is 1. The Labute approximate surface area is 193 Å². The maximum Gasteiger partial charge on any atom is 0.343 e. The predicted octanol–water partition coefficient (Wildman–Crippen LogP) is 5.77. The maximum absolute atomic E-state index is 12.2. The molecule has 0 aliphatic rings. The summed E-state index contributed by atoms with van der Waals surface area (Å²) in [6, 6.07) is 22.1. The van der Waals surface area contributed by atoms with Crippen molar-refractivity contribution in [1.29, 1.82) is 0 Å². The van der Waals surface area contributed by atoms with Crippen LogP contribution in [0.15, 0.2) is 89.3 Å². The van der Waals surface area contributed by atoms with Gasteiger partial charge >= 0.3 is 5.97 Å². The number of thiazole rings is 1. The Kier molecular flexibility index (Phi) is 6.51. The number of benzene rings is 3. The van der Waals surface area contributed by atoms with Gasteiger partial charge in [0, 0.05) is 23.1 Å². The second kappa shape index (κ2) is 9.84. The van der Waals surface area contributed by atoms with E-state index in [0.29, 0.717) is 33.4 Å². The number of hydrogen-bond acceptors (Lipinski definition) is 8. The van der Waals surface area contributed by atoms with Crippen LogP contribution < -0.4 is 10.2 Å². The third-order valence-electron chi connectivity index (χ3n) is 4.67. The minimum absolute atomic E-state index is 0.0155. The van der Waals surface area contributed by atoms with Crippen LogP contribution in [-0.2, 0) is 0 Å². The van der Waals surface area contributed by atoms with Crippen molar-refractivity contribution in [3.8, 4) is 17.0 Å². The summed E-state index contributed by atoms with van der Waals surface area (Å²) in [5.74, 6) is 0.0219. The molecule has 9 heteroatoms. The van der Waals surface area contributed by atoms with Crippen LogP contribution in [0.5, 0.6) is 5.75 Å². The number of esters is 1. The average Bonchev–Trinajstić information content (AvgIpc) is 3.33. The van der Waals surface area contributed by atoms with Crippen molar-refractivity contribution in [3.05, 3.63) is 105 Å². The largest absolute Gasteiger partial charge is 0.423 e. The molecule has 0 aliphatic carbocycles. The highest BCUT2D eigenvalue weighted by Gasteiger charge is 2.11. The topological polar surface area (TPSA) is 107 Å². The van der Waals surface area contributed by atoms with E-state index in [2.05, 4.69) is 15.5 Å². The average molecular weight is 458 g/mol. The van der Waals surface area contributed by atoms with Crippen LogP contribution in [0.1, 0.15) is 22.8 Å². The molecule has 0 spiro atoms. The number of hydrogen-bond donors (Lipinski definition) is 1. The van der Waals surface area contributed by atoms with Gasteiger partial charge in [-0.3, -0.25) is 15.5 Å². The van der Waals surface area contributed by atoms with Gasteiger partial charge < -0.3 is 4.74 Å². The van der Waals surface area contributed by atoms with Crippen LogP contribution in [0, 0.1) is 10.1 Å². The Bertz CT molecular complexity index is 1320. The molecule has 4 rings (SSSR count). The lowest BCUT2D eigenvalue weighted by atomic mass is 10.1. The summed E-state index contributed by atoms with van der Waals surface area (Å²) in [4.78, 5) is 27.1. The molecule has 1 heterocycles. The minimum atomic E-state index is -0.434. The fraction of sp³-hybridized carbons (Fsp3) is 0.0417. The van der Waals surface area contributed by atoms with Crippen LogP contribution in [0.3, 0.4) is 0 Å². The number of nitrogens with zero attached hydrogens (tertiary/aromatic N) is 3. The summed E-state index contributed by atoms with van der Waals surface area (Å²) in [5.41, 5.74) is 6.26. The molecule has 0 amide bonds. The van der Waals surface area contributed by atoms with Crippen LogP contribution in [-0.4, -0.2) is 21.6 Å². The van der Waals surface area contributed by atoms with Crippen molar-refractivity contribution < 1.29 is 14.5 Å². The first-order valence-electron chi connectivity index (χ1n) is 9.88. The van der Waals surface area contributed by atoms with E-state index in [-0.39, 0.29) is 5.69 Å². The summed E-state index contributed by atoms with van der Waals surface area (Å²) >= 11 is 1.35. The number of non-ortho nitro benzene ring substituents is 1. The Morgan fingerprint density at radius 2 is 1.79 bits per heavy atom. The summed E-state index contributed by atoms with van der Waals surface area (Å²) in [6.07, 6.45) is 0. The van der Waals surface area contributed by atoms with Crippen LogP contribution >= 0.6 is 11.3 Å². The van der Waals surface area contributed by atoms with Crippen LogP contribution in [0.25, 0.3) is 11.3 Å². The SMILES string of the molecule is C/C(=N/Nc1nc(-c2cccc([N+](=O)[O-])c2)cs1)c1ccc(OC(=O)c2ccccc2)cc1. The third kappa shape index (κ3) is 5.46. The lowest BCUT2D eigenvalue weighted by Crippen LogP contribution is -2.08. The van der Waals surface area contributed by atoms with Crippen molar-refractivity contribution in [2.24, 2.45) is 5.10 Å². The van der Waals surface area contributed by atoms with Gasteiger partial charge in [-0.05, 0) is 48.9 Å². The smallest absolute Gasteiger partial charge is 0.343 e. The normalized spacial score (nSPS) is 11.1. The Balaban J connectivity index is 1.40. The lowest BCUT2D eigenvalue weighted by Gasteiger charge is -2.06. The van der Waals surface area contributed by atoms with Crippen molar-refractivity contribution >= 4 is 33.8 Å². The van der Waals surface area contributed by atoms with Gasteiger partial charge in [0.05, 0.1) is 21.9 Å². The monoisotopic (exact) mass is 458 g/mol. The number of carbonyl (C=O) groups excluding carboxylic acids is 1. The van der Waals surface area contributed by atoms with Gasteiger partial charge in [-0.1, -0.05) is 30.3 Å². The van der Waals surface area contributed by atoms with Gasteiger partial charge in [0.2, 0.25) is 5.13 Å². The molecule has 0 saturated carbocycles. The molecule has 0 fully saturated rings. The summed E-state index contributed by atoms with van der Waals surface area (Å²) < 4.78 is 5.39. The van der Waals surface area contributed by atoms with Gasteiger partial charge in [0.15, 0.2) is 0 Å². The highest BCUT2D eigenvalue weighted by atomic mass is 32.1. The summed E-state index contributed by atoms with van der Waals surface area (Å²) in [7, 11) is 0. The maximum atomic E-state index is 12.2. The Hall–Kier alpha value is -4.37. The van der Waals surface area contributed by atoms with E-state index in [1.807, 2.05) is 30.5 Å². The fourth-order valence-electron chi connectivity index (χ4n) is 2.94.